The lowest BCUT2D eigenvalue weighted by Gasteiger charge is -2.12. The molecule has 2 aromatic carbocycles. The van der Waals surface area contributed by atoms with E-state index in [0.29, 0.717) is 11.5 Å². The minimum absolute atomic E-state index is 0.0293. The van der Waals surface area contributed by atoms with Gasteiger partial charge in [0.15, 0.2) is 0 Å². The first-order valence-corrected chi connectivity index (χ1v) is 9.07. The Morgan fingerprint density at radius 1 is 1.00 bits per heavy atom. The molecule has 0 aliphatic carbocycles. The summed E-state index contributed by atoms with van der Waals surface area (Å²) in [6, 6.07) is 16.6. The minimum Gasteiger partial charge on any atom is -0.457 e. The van der Waals surface area contributed by atoms with Gasteiger partial charge in [-0.05, 0) is 35.9 Å². The van der Waals surface area contributed by atoms with E-state index in [1.54, 1.807) is 30.5 Å². The number of hydrogen-bond donors (Lipinski definition) is 0. The molecular formula is C18H18N2O3S. The molecule has 6 heteroatoms. The molecule has 3 aromatic rings. The van der Waals surface area contributed by atoms with Crippen molar-refractivity contribution in [2.45, 2.75) is 5.75 Å². The van der Waals surface area contributed by atoms with E-state index in [9.17, 15) is 8.42 Å². The monoisotopic (exact) mass is 342 g/mol. The average Bonchev–Trinajstić information content (AvgIpc) is 2.56. The molecular weight excluding hydrogens is 324 g/mol. The molecule has 1 heterocycles. The highest BCUT2D eigenvalue weighted by molar-refractivity contribution is 7.88. The number of para-hydroxylation sites is 1. The Balaban J connectivity index is 1.81. The molecule has 0 atom stereocenters. The zero-order valence-electron chi connectivity index (χ0n) is 13.5. The van der Waals surface area contributed by atoms with Gasteiger partial charge in [-0.1, -0.05) is 24.3 Å². The number of sulfonamides is 1. The van der Waals surface area contributed by atoms with Gasteiger partial charge in [-0.3, -0.25) is 4.98 Å². The molecule has 0 unspecified atom stereocenters. The summed E-state index contributed by atoms with van der Waals surface area (Å²) in [5, 5.41) is 0.930. The number of aromatic nitrogens is 1. The predicted molar refractivity (Wildman–Crippen MR) is 94.6 cm³/mol. The number of hydrogen-bond acceptors (Lipinski definition) is 4. The lowest BCUT2D eigenvalue weighted by molar-refractivity contribution is 0.487. The van der Waals surface area contributed by atoms with Crippen LogP contribution in [0.5, 0.6) is 11.5 Å². The van der Waals surface area contributed by atoms with Gasteiger partial charge in [-0.2, -0.15) is 0 Å². The molecule has 0 N–H and O–H groups in total. The molecule has 0 saturated carbocycles. The molecule has 0 radical (unpaired) electrons. The van der Waals surface area contributed by atoms with Crippen LogP contribution in [0.1, 0.15) is 5.56 Å². The number of nitrogens with zero attached hydrogens (tertiary/aromatic N) is 2. The molecule has 0 aliphatic rings. The standard InChI is InChI=1S/C18H18N2O3S/c1-20(2)24(21,22)13-14-7-9-15(10-8-14)23-18-11-12-19-17-6-4-3-5-16(17)18/h3-12H,13H2,1-2H3. The molecule has 0 fully saturated rings. The summed E-state index contributed by atoms with van der Waals surface area (Å²) in [5.74, 6) is 1.34. The number of fused-ring (bicyclic) bond motifs is 1. The van der Waals surface area contributed by atoms with Crippen LogP contribution in [0.3, 0.4) is 0 Å². The van der Waals surface area contributed by atoms with Crippen LogP contribution >= 0.6 is 0 Å². The van der Waals surface area contributed by atoms with Crippen LogP contribution in [0.2, 0.25) is 0 Å². The van der Waals surface area contributed by atoms with Crippen LogP contribution in [-0.2, 0) is 15.8 Å². The molecule has 24 heavy (non-hydrogen) atoms. The summed E-state index contributed by atoms with van der Waals surface area (Å²) in [6.45, 7) is 0. The van der Waals surface area contributed by atoms with Crippen molar-refractivity contribution in [3.05, 3.63) is 66.4 Å². The third kappa shape index (κ3) is 3.55. The largest absolute Gasteiger partial charge is 0.457 e. The predicted octanol–water partition coefficient (Wildman–Crippen LogP) is 3.42. The molecule has 0 bridgehead atoms. The van der Waals surface area contributed by atoms with Crippen molar-refractivity contribution in [2.24, 2.45) is 0 Å². The van der Waals surface area contributed by atoms with Gasteiger partial charge in [-0.25, -0.2) is 12.7 Å². The second-order valence-electron chi connectivity index (χ2n) is 5.61. The molecule has 5 nitrogen and oxygen atoms in total. The molecule has 1 aromatic heterocycles. The van der Waals surface area contributed by atoms with Crippen LogP contribution in [-0.4, -0.2) is 31.8 Å². The normalized spacial score (nSPS) is 11.8. The molecule has 0 aliphatic heterocycles. The van der Waals surface area contributed by atoms with Gasteiger partial charge >= 0.3 is 0 Å². The van der Waals surface area contributed by atoms with Crippen molar-refractivity contribution in [1.82, 2.24) is 9.29 Å². The van der Waals surface area contributed by atoms with E-state index >= 15 is 0 Å². The van der Waals surface area contributed by atoms with Gasteiger partial charge < -0.3 is 4.74 Å². The molecule has 3 rings (SSSR count). The SMILES string of the molecule is CN(C)S(=O)(=O)Cc1ccc(Oc2ccnc3ccccc23)cc1. The van der Waals surface area contributed by atoms with Crippen LogP contribution in [0.25, 0.3) is 10.9 Å². The maximum atomic E-state index is 11.9. The topological polar surface area (TPSA) is 59.5 Å². The molecule has 0 saturated heterocycles. The Labute approximate surface area is 141 Å². The lowest BCUT2D eigenvalue weighted by Crippen LogP contribution is -2.23. The minimum atomic E-state index is -3.27. The summed E-state index contributed by atoms with van der Waals surface area (Å²) < 4.78 is 31.0. The van der Waals surface area contributed by atoms with E-state index in [1.807, 2.05) is 30.3 Å². The Bertz CT molecular complexity index is 946. The number of ether oxygens (including phenoxy) is 1. The van der Waals surface area contributed by atoms with Crippen molar-refractivity contribution in [1.29, 1.82) is 0 Å². The lowest BCUT2D eigenvalue weighted by atomic mass is 10.2. The Morgan fingerprint density at radius 2 is 1.71 bits per heavy atom. The Morgan fingerprint density at radius 3 is 2.42 bits per heavy atom. The fourth-order valence-electron chi connectivity index (χ4n) is 2.28. The van der Waals surface area contributed by atoms with Crippen molar-refractivity contribution >= 4 is 20.9 Å². The maximum absolute atomic E-state index is 11.9. The first-order chi connectivity index (χ1) is 11.5. The summed E-state index contributed by atoms with van der Waals surface area (Å²) in [7, 11) is -0.209. The number of pyridine rings is 1. The van der Waals surface area contributed by atoms with E-state index in [-0.39, 0.29) is 5.75 Å². The zero-order chi connectivity index (χ0) is 17.2. The van der Waals surface area contributed by atoms with Gasteiger partial charge in [-0.15, -0.1) is 0 Å². The highest BCUT2D eigenvalue weighted by Gasteiger charge is 2.14. The van der Waals surface area contributed by atoms with Gasteiger partial charge in [0.05, 0.1) is 11.3 Å². The van der Waals surface area contributed by atoms with E-state index in [2.05, 4.69) is 4.98 Å². The summed E-state index contributed by atoms with van der Waals surface area (Å²) in [4.78, 5) is 4.30. The first kappa shape index (κ1) is 16.4. The third-order valence-corrected chi connectivity index (χ3v) is 5.48. The highest BCUT2D eigenvalue weighted by atomic mass is 32.2. The van der Waals surface area contributed by atoms with Gasteiger partial charge in [0.2, 0.25) is 10.0 Å². The fraction of sp³-hybridized carbons (Fsp3) is 0.167. The van der Waals surface area contributed by atoms with Crippen LogP contribution < -0.4 is 4.74 Å². The van der Waals surface area contributed by atoms with E-state index in [0.717, 1.165) is 16.5 Å². The molecule has 0 amide bonds. The van der Waals surface area contributed by atoms with Crippen molar-refractivity contribution in [2.75, 3.05) is 14.1 Å². The second kappa shape index (κ2) is 6.59. The molecule has 0 spiro atoms. The van der Waals surface area contributed by atoms with Gasteiger partial charge in [0.25, 0.3) is 0 Å². The summed E-state index contributed by atoms with van der Waals surface area (Å²) >= 11 is 0. The number of benzene rings is 2. The summed E-state index contributed by atoms with van der Waals surface area (Å²) in [6.07, 6.45) is 1.70. The quantitative estimate of drug-likeness (QED) is 0.713. The van der Waals surface area contributed by atoms with Gasteiger partial charge in [0, 0.05) is 25.7 Å². The Hall–Kier alpha value is -2.44. The third-order valence-electron chi connectivity index (χ3n) is 3.67. The van der Waals surface area contributed by atoms with Crippen LogP contribution in [0.4, 0.5) is 0 Å². The fourth-order valence-corrected chi connectivity index (χ4v) is 3.15. The average molecular weight is 342 g/mol. The van der Waals surface area contributed by atoms with E-state index in [1.165, 1.54) is 18.4 Å². The van der Waals surface area contributed by atoms with Crippen molar-refractivity contribution < 1.29 is 13.2 Å². The van der Waals surface area contributed by atoms with E-state index in [4.69, 9.17) is 4.74 Å². The van der Waals surface area contributed by atoms with Crippen molar-refractivity contribution in [3.63, 3.8) is 0 Å². The highest BCUT2D eigenvalue weighted by Crippen LogP contribution is 2.28. The van der Waals surface area contributed by atoms with E-state index < -0.39 is 10.0 Å². The number of rotatable bonds is 5. The second-order valence-corrected chi connectivity index (χ2v) is 7.79. The molecule has 124 valence electrons. The van der Waals surface area contributed by atoms with Crippen LogP contribution in [0, 0.1) is 0 Å². The summed E-state index contributed by atoms with van der Waals surface area (Å²) in [5.41, 5.74) is 1.58. The Kier molecular flexibility index (Phi) is 4.51. The van der Waals surface area contributed by atoms with Crippen molar-refractivity contribution in [3.8, 4) is 11.5 Å². The smallest absolute Gasteiger partial charge is 0.217 e. The first-order valence-electron chi connectivity index (χ1n) is 7.46. The zero-order valence-corrected chi connectivity index (χ0v) is 14.3. The maximum Gasteiger partial charge on any atom is 0.217 e. The van der Waals surface area contributed by atoms with Crippen LogP contribution in [0.15, 0.2) is 60.8 Å². The van der Waals surface area contributed by atoms with Gasteiger partial charge in [0.1, 0.15) is 11.5 Å².